The van der Waals surface area contributed by atoms with Crippen LogP contribution in [0.25, 0.3) is 0 Å². The normalized spacial score (nSPS) is 10.1. The van der Waals surface area contributed by atoms with Crippen molar-refractivity contribution in [1.29, 1.82) is 0 Å². The first-order chi connectivity index (χ1) is 9.67. The van der Waals surface area contributed by atoms with E-state index >= 15 is 0 Å². The van der Waals surface area contributed by atoms with E-state index in [0.29, 0.717) is 25.2 Å². The molecule has 0 atom stereocenters. The molecule has 0 aliphatic rings. The minimum Gasteiger partial charge on any atom is -0.375 e. The highest BCUT2D eigenvalue weighted by Crippen LogP contribution is 2.04. The summed E-state index contributed by atoms with van der Waals surface area (Å²) in [6.07, 6.45) is 0.759. The van der Waals surface area contributed by atoms with Gasteiger partial charge in [-0.15, -0.1) is 0 Å². The van der Waals surface area contributed by atoms with Gasteiger partial charge in [-0.1, -0.05) is 12.1 Å². The maximum Gasteiger partial charge on any atom is 0.251 e. The second-order valence-electron chi connectivity index (χ2n) is 4.30. The Morgan fingerprint density at radius 2 is 1.90 bits per heavy atom. The fourth-order valence-corrected chi connectivity index (χ4v) is 1.56. The number of methoxy groups -OCH3 is 1. The molecule has 0 saturated heterocycles. The van der Waals surface area contributed by atoms with Crippen LogP contribution in [0.2, 0.25) is 0 Å². The Balaban J connectivity index is 2.43. The zero-order valence-corrected chi connectivity index (χ0v) is 11.6. The molecule has 4 N–H and O–H groups in total. The largest absolute Gasteiger partial charge is 0.375 e. The molecule has 6 heteroatoms. The summed E-state index contributed by atoms with van der Waals surface area (Å²) < 4.78 is 4.72. The molecule has 0 fully saturated rings. The number of ether oxygens (including phenoxy) is 1. The summed E-state index contributed by atoms with van der Waals surface area (Å²) >= 11 is 0. The predicted molar refractivity (Wildman–Crippen MR) is 76.2 cm³/mol. The first kappa shape index (κ1) is 16.1. The van der Waals surface area contributed by atoms with Crippen molar-refractivity contribution in [3.05, 3.63) is 35.4 Å². The number of benzene rings is 1. The van der Waals surface area contributed by atoms with Crippen molar-refractivity contribution < 1.29 is 14.3 Å². The lowest BCUT2D eigenvalue weighted by atomic mass is 10.1. The maximum atomic E-state index is 11.7. The molecule has 0 heterocycles. The van der Waals surface area contributed by atoms with Crippen molar-refractivity contribution in [2.75, 3.05) is 26.8 Å². The van der Waals surface area contributed by atoms with E-state index in [1.54, 1.807) is 12.1 Å². The molecule has 0 unspecified atom stereocenters. The molecule has 20 heavy (non-hydrogen) atoms. The Morgan fingerprint density at radius 1 is 1.20 bits per heavy atom. The third-order valence-electron chi connectivity index (χ3n) is 2.65. The zero-order chi connectivity index (χ0) is 14.8. The number of hydrogen-bond acceptors (Lipinski definition) is 4. The SMILES string of the molecule is COCC(=O)NCc1ccc(C(=O)NCCCN)cc1. The van der Waals surface area contributed by atoms with E-state index in [1.807, 2.05) is 12.1 Å². The second kappa shape index (κ2) is 9.06. The quantitative estimate of drug-likeness (QED) is 0.585. The van der Waals surface area contributed by atoms with Crippen molar-refractivity contribution in [2.24, 2.45) is 5.73 Å². The number of nitrogens with one attached hydrogen (secondary N) is 2. The van der Waals surface area contributed by atoms with Gasteiger partial charge in [-0.25, -0.2) is 0 Å². The summed E-state index contributed by atoms with van der Waals surface area (Å²) in [4.78, 5) is 23.0. The van der Waals surface area contributed by atoms with Gasteiger partial charge in [0, 0.05) is 25.8 Å². The summed E-state index contributed by atoms with van der Waals surface area (Å²) in [5, 5.41) is 5.49. The van der Waals surface area contributed by atoms with Gasteiger partial charge >= 0.3 is 0 Å². The number of nitrogens with two attached hydrogens (primary N) is 1. The van der Waals surface area contributed by atoms with Gasteiger partial charge in [0.25, 0.3) is 5.91 Å². The first-order valence-electron chi connectivity index (χ1n) is 6.50. The molecular weight excluding hydrogens is 258 g/mol. The number of rotatable bonds is 8. The van der Waals surface area contributed by atoms with Crippen LogP contribution < -0.4 is 16.4 Å². The monoisotopic (exact) mass is 279 g/mol. The Bertz CT molecular complexity index is 432. The molecule has 0 spiro atoms. The molecule has 0 radical (unpaired) electrons. The summed E-state index contributed by atoms with van der Waals surface area (Å²) in [5.74, 6) is -0.287. The Labute approximate surface area is 118 Å². The Morgan fingerprint density at radius 3 is 2.50 bits per heavy atom. The van der Waals surface area contributed by atoms with E-state index in [1.165, 1.54) is 7.11 Å². The van der Waals surface area contributed by atoms with Crippen LogP contribution in [0, 0.1) is 0 Å². The number of carbonyl (C=O) groups is 2. The van der Waals surface area contributed by atoms with Crippen LogP contribution in [0.4, 0.5) is 0 Å². The van der Waals surface area contributed by atoms with Crippen LogP contribution in [0.15, 0.2) is 24.3 Å². The van der Waals surface area contributed by atoms with Crippen molar-refractivity contribution in [1.82, 2.24) is 10.6 Å². The van der Waals surface area contributed by atoms with Crippen LogP contribution in [0.5, 0.6) is 0 Å². The summed E-state index contributed by atoms with van der Waals surface area (Å²) in [7, 11) is 1.47. The van der Waals surface area contributed by atoms with Crippen molar-refractivity contribution >= 4 is 11.8 Å². The van der Waals surface area contributed by atoms with Crippen LogP contribution >= 0.6 is 0 Å². The second-order valence-corrected chi connectivity index (χ2v) is 4.30. The smallest absolute Gasteiger partial charge is 0.251 e. The summed E-state index contributed by atoms with van der Waals surface area (Å²) in [6.45, 7) is 1.59. The van der Waals surface area contributed by atoms with Gasteiger partial charge in [-0.05, 0) is 30.7 Å². The Kier molecular flexibility index (Phi) is 7.31. The summed E-state index contributed by atoms with van der Waals surface area (Å²) in [6, 6.07) is 7.08. The zero-order valence-electron chi connectivity index (χ0n) is 11.6. The van der Waals surface area contributed by atoms with Gasteiger partial charge in [0.05, 0.1) is 0 Å². The van der Waals surface area contributed by atoms with Gasteiger partial charge in [0.1, 0.15) is 6.61 Å². The van der Waals surface area contributed by atoms with Gasteiger partial charge in [-0.2, -0.15) is 0 Å². The average Bonchev–Trinajstić information content (AvgIpc) is 2.46. The van der Waals surface area contributed by atoms with Crippen LogP contribution in [0.3, 0.4) is 0 Å². The third kappa shape index (κ3) is 5.81. The standard InChI is InChI=1S/C14H21N3O3/c1-20-10-13(18)17-9-11-3-5-12(6-4-11)14(19)16-8-2-7-15/h3-6H,2,7-10,15H2,1H3,(H,16,19)(H,17,18). The van der Waals surface area contributed by atoms with Gasteiger partial charge < -0.3 is 21.1 Å². The van der Waals surface area contributed by atoms with Gasteiger partial charge in [0.2, 0.25) is 5.91 Å². The van der Waals surface area contributed by atoms with Gasteiger partial charge in [0.15, 0.2) is 0 Å². The van der Waals surface area contributed by atoms with Crippen LogP contribution in [-0.4, -0.2) is 38.6 Å². The lowest BCUT2D eigenvalue weighted by Crippen LogP contribution is -2.27. The lowest BCUT2D eigenvalue weighted by Gasteiger charge is -2.07. The molecule has 0 aliphatic heterocycles. The van der Waals surface area contributed by atoms with Crippen LogP contribution in [-0.2, 0) is 16.1 Å². The highest BCUT2D eigenvalue weighted by atomic mass is 16.5. The first-order valence-corrected chi connectivity index (χ1v) is 6.50. The lowest BCUT2D eigenvalue weighted by molar-refractivity contribution is -0.124. The van der Waals surface area contributed by atoms with E-state index in [2.05, 4.69) is 10.6 Å². The molecule has 1 rings (SSSR count). The summed E-state index contributed by atoms with van der Waals surface area (Å²) in [5.41, 5.74) is 6.87. The fraction of sp³-hybridized carbons (Fsp3) is 0.429. The highest BCUT2D eigenvalue weighted by molar-refractivity contribution is 5.94. The fourth-order valence-electron chi connectivity index (χ4n) is 1.56. The third-order valence-corrected chi connectivity index (χ3v) is 2.65. The van der Waals surface area contributed by atoms with E-state index < -0.39 is 0 Å². The predicted octanol–water partition coefficient (Wildman–Crippen LogP) is 0.0278. The molecule has 0 saturated carbocycles. The molecule has 1 aromatic rings. The molecule has 2 amide bonds. The van der Waals surface area contributed by atoms with E-state index in [0.717, 1.165) is 12.0 Å². The average molecular weight is 279 g/mol. The van der Waals surface area contributed by atoms with E-state index in [9.17, 15) is 9.59 Å². The van der Waals surface area contributed by atoms with E-state index in [4.69, 9.17) is 10.5 Å². The molecule has 110 valence electrons. The molecule has 1 aromatic carbocycles. The molecular formula is C14H21N3O3. The van der Waals surface area contributed by atoms with Crippen molar-refractivity contribution in [2.45, 2.75) is 13.0 Å². The number of carbonyl (C=O) groups excluding carboxylic acids is 2. The van der Waals surface area contributed by atoms with E-state index in [-0.39, 0.29) is 18.4 Å². The van der Waals surface area contributed by atoms with Crippen molar-refractivity contribution in [3.63, 3.8) is 0 Å². The maximum absolute atomic E-state index is 11.7. The number of hydrogen-bond donors (Lipinski definition) is 3. The molecule has 0 bridgehead atoms. The topological polar surface area (TPSA) is 93.4 Å². The Hall–Kier alpha value is -1.92. The minimum atomic E-state index is -0.170. The van der Waals surface area contributed by atoms with Crippen molar-refractivity contribution in [3.8, 4) is 0 Å². The molecule has 0 aromatic heterocycles. The van der Waals surface area contributed by atoms with Gasteiger partial charge in [-0.3, -0.25) is 9.59 Å². The molecule has 6 nitrogen and oxygen atoms in total. The van der Waals surface area contributed by atoms with Crippen LogP contribution in [0.1, 0.15) is 22.3 Å². The highest BCUT2D eigenvalue weighted by Gasteiger charge is 2.05. The number of amides is 2. The molecule has 0 aliphatic carbocycles. The minimum absolute atomic E-state index is 0.0433.